The molecule has 1 fully saturated rings. The van der Waals surface area contributed by atoms with Crippen molar-refractivity contribution >= 4 is 12.2 Å². The molecule has 16 heavy (non-hydrogen) atoms. The molecule has 1 aliphatic carbocycles. The van der Waals surface area contributed by atoms with E-state index in [1.807, 2.05) is 0 Å². The molecule has 0 bridgehead atoms. The first kappa shape index (κ1) is 11.9. The molecule has 2 nitrogen and oxygen atoms in total. The zero-order chi connectivity index (χ0) is 11.6. The van der Waals surface area contributed by atoms with Crippen LogP contribution in [-0.2, 0) is 13.0 Å². The molecule has 1 heterocycles. The zero-order valence-electron chi connectivity index (χ0n) is 10.4. The Balaban J connectivity index is 2.24. The predicted octanol–water partition coefficient (Wildman–Crippen LogP) is 4.08. The summed E-state index contributed by atoms with van der Waals surface area (Å²) in [5.41, 5.74) is 1.87. The minimum atomic E-state index is 0.518. The van der Waals surface area contributed by atoms with Crippen molar-refractivity contribution in [3.05, 3.63) is 16.7 Å². The van der Waals surface area contributed by atoms with Gasteiger partial charge in [-0.2, -0.15) is 0 Å². The highest BCUT2D eigenvalue weighted by atomic mass is 32.1. The van der Waals surface area contributed by atoms with Crippen LogP contribution in [0, 0.1) is 10.2 Å². The van der Waals surface area contributed by atoms with Crippen LogP contribution in [0.5, 0.6) is 0 Å². The van der Waals surface area contributed by atoms with Crippen molar-refractivity contribution in [1.82, 2.24) is 9.55 Å². The Bertz CT molecular complexity index is 396. The molecular weight excluding hydrogens is 216 g/mol. The number of imidazole rings is 1. The van der Waals surface area contributed by atoms with Crippen LogP contribution in [-0.4, -0.2) is 9.55 Å². The SMILES string of the molecule is CCc1c[nH]c(=S)n1CC1(CC)CCCC1. The molecular formula is C13H22N2S. The summed E-state index contributed by atoms with van der Waals surface area (Å²) in [7, 11) is 0. The van der Waals surface area contributed by atoms with Gasteiger partial charge in [-0.05, 0) is 43.3 Å². The minimum Gasteiger partial charge on any atom is -0.337 e. The van der Waals surface area contributed by atoms with Gasteiger partial charge in [0, 0.05) is 18.4 Å². The van der Waals surface area contributed by atoms with Crippen molar-refractivity contribution in [2.24, 2.45) is 5.41 Å². The van der Waals surface area contributed by atoms with Gasteiger partial charge in [0.05, 0.1) is 0 Å². The molecule has 0 atom stereocenters. The van der Waals surface area contributed by atoms with Crippen LogP contribution in [0.1, 0.15) is 51.6 Å². The van der Waals surface area contributed by atoms with Gasteiger partial charge in [-0.15, -0.1) is 0 Å². The van der Waals surface area contributed by atoms with Gasteiger partial charge in [-0.1, -0.05) is 26.7 Å². The number of aryl methyl sites for hydroxylation is 1. The Hall–Kier alpha value is -0.570. The first-order chi connectivity index (χ1) is 7.71. The van der Waals surface area contributed by atoms with E-state index in [2.05, 4.69) is 29.6 Å². The van der Waals surface area contributed by atoms with Crippen molar-refractivity contribution < 1.29 is 0 Å². The molecule has 1 aromatic rings. The second-order valence-electron chi connectivity index (χ2n) is 5.09. The maximum atomic E-state index is 5.38. The third-order valence-electron chi connectivity index (χ3n) is 4.22. The van der Waals surface area contributed by atoms with Crippen molar-refractivity contribution in [2.45, 2.75) is 58.9 Å². The number of nitrogens with one attached hydrogen (secondary N) is 1. The van der Waals surface area contributed by atoms with E-state index < -0.39 is 0 Å². The number of aromatic nitrogens is 2. The van der Waals surface area contributed by atoms with Gasteiger partial charge in [0.15, 0.2) is 4.77 Å². The molecule has 1 aliphatic rings. The van der Waals surface area contributed by atoms with E-state index in [4.69, 9.17) is 12.2 Å². The maximum absolute atomic E-state index is 5.38. The van der Waals surface area contributed by atoms with E-state index >= 15 is 0 Å². The van der Waals surface area contributed by atoms with Crippen LogP contribution in [0.3, 0.4) is 0 Å². The first-order valence-electron chi connectivity index (χ1n) is 6.48. The van der Waals surface area contributed by atoms with Gasteiger partial charge in [0.25, 0.3) is 0 Å². The van der Waals surface area contributed by atoms with E-state index in [-0.39, 0.29) is 0 Å². The topological polar surface area (TPSA) is 20.7 Å². The predicted molar refractivity (Wildman–Crippen MR) is 70.2 cm³/mol. The minimum absolute atomic E-state index is 0.518. The van der Waals surface area contributed by atoms with Crippen LogP contribution in [0.25, 0.3) is 0 Å². The summed E-state index contributed by atoms with van der Waals surface area (Å²) < 4.78 is 3.22. The maximum Gasteiger partial charge on any atom is 0.177 e. The molecule has 0 spiro atoms. The highest BCUT2D eigenvalue weighted by molar-refractivity contribution is 7.71. The van der Waals surface area contributed by atoms with Crippen LogP contribution in [0.15, 0.2) is 6.20 Å². The molecule has 90 valence electrons. The second-order valence-corrected chi connectivity index (χ2v) is 5.47. The van der Waals surface area contributed by atoms with Crippen molar-refractivity contribution in [2.75, 3.05) is 0 Å². The molecule has 0 saturated heterocycles. The Morgan fingerprint density at radius 2 is 2.06 bits per heavy atom. The number of rotatable bonds is 4. The summed E-state index contributed by atoms with van der Waals surface area (Å²) >= 11 is 5.38. The Morgan fingerprint density at radius 1 is 1.38 bits per heavy atom. The summed E-state index contributed by atoms with van der Waals surface area (Å²) in [5, 5.41) is 0. The molecule has 0 amide bonds. The van der Waals surface area contributed by atoms with Crippen molar-refractivity contribution in [1.29, 1.82) is 0 Å². The van der Waals surface area contributed by atoms with E-state index in [0.717, 1.165) is 17.7 Å². The van der Waals surface area contributed by atoms with Crippen LogP contribution < -0.4 is 0 Å². The van der Waals surface area contributed by atoms with Crippen LogP contribution in [0.2, 0.25) is 0 Å². The van der Waals surface area contributed by atoms with Gasteiger partial charge >= 0.3 is 0 Å². The number of nitrogens with zero attached hydrogens (tertiary/aromatic N) is 1. The smallest absolute Gasteiger partial charge is 0.177 e. The largest absolute Gasteiger partial charge is 0.337 e. The summed E-state index contributed by atoms with van der Waals surface area (Å²) in [6, 6.07) is 0. The highest BCUT2D eigenvalue weighted by Crippen LogP contribution is 2.42. The lowest BCUT2D eigenvalue weighted by Gasteiger charge is -2.28. The number of aromatic amines is 1. The fraction of sp³-hybridized carbons (Fsp3) is 0.769. The van der Waals surface area contributed by atoms with Gasteiger partial charge < -0.3 is 9.55 Å². The average molecular weight is 238 g/mol. The Kier molecular flexibility index (Phi) is 3.53. The first-order valence-corrected chi connectivity index (χ1v) is 6.89. The fourth-order valence-corrected chi connectivity index (χ4v) is 3.22. The number of hydrogen-bond donors (Lipinski definition) is 1. The standard InChI is InChI=1S/C13H22N2S/c1-3-11-9-14-12(16)15(11)10-13(4-2)7-5-6-8-13/h9H,3-8,10H2,1-2H3,(H,14,16). The summed E-state index contributed by atoms with van der Waals surface area (Å²) in [5.74, 6) is 0. The van der Waals surface area contributed by atoms with Crippen molar-refractivity contribution in [3.63, 3.8) is 0 Å². The Morgan fingerprint density at radius 3 is 2.62 bits per heavy atom. The Labute approximate surface area is 103 Å². The molecule has 2 rings (SSSR count). The summed E-state index contributed by atoms with van der Waals surface area (Å²) in [6.07, 6.45) is 9.95. The van der Waals surface area contributed by atoms with Crippen LogP contribution >= 0.6 is 12.2 Å². The van der Waals surface area contributed by atoms with Gasteiger partial charge in [-0.25, -0.2) is 0 Å². The van der Waals surface area contributed by atoms with Crippen LogP contribution in [0.4, 0.5) is 0 Å². The molecule has 0 aromatic carbocycles. The second kappa shape index (κ2) is 4.74. The fourth-order valence-electron chi connectivity index (χ4n) is 2.98. The molecule has 0 unspecified atom stereocenters. The summed E-state index contributed by atoms with van der Waals surface area (Å²) in [4.78, 5) is 3.18. The van der Waals surface area contributed by atoms with Gasteiger partial charge in [-0.3, -0.25) is 0 Å². The van der Waals surface area contributed by atoms with Crippen molar-refractivity contribution in [3.8, 4) is 0 Å². The van der Waals surface area contributed by atoms with Gasteiger partial charge in [0.2, 0.25) is 0 Å². The van der Waals surface area contributed by atoms with E-state index in [0.29, 0.717) is 5.41 Å². The van der Waals surface area contributed by atoms with E-state index in [1.54, 1.807) is 0 Å². The quantitative estimate of drug-likeness (QED) is 0.784. The molecule has 1 saturated carbocycles. The lowest BCUT2D eigenvalue weighted by molar-refractivity contribution is 0.234. The molecule has 3 heteroatoms. The molecule has 0 radical (unpaired) electrons. The monoisotopic (exact) mass is 238 g/mol. The molecule has 0 aliphatic heterocycles. The lowest BCUT2D eigenvalue weighted by Crippen LogP contribution is -2.23. The summed E-state index contributed by atoms with van der Waals surface area (Å²) in [6.45, 7) is 5.64. The van der Waals surface area contributed by atoms with Gasteiger partial charge in [0.1, 0.15) is 0 Å². The highest BCUT2D eigenvalue weighted by Gasteiger charge is 2.32. The normalized spacial score (nSPS) is 19.1. The lowest BCUT2D eigenvalue weighted by atomic mass is 9.83. The molecule has 1 N–H and O–H groups in total. The number of H-pyrrole nitrogens is 1. The van der Waals surface area contributed by atoms with E-state index in [9.17, 15) is 0 Å². The third-order valence-corrected chi connectivity index (χ3v) is 4.56. The zero-order valence-corrected chi connectivity index (χ0v) is 11.2. The average Bonchev–Trinajstić information content (AvgIpc) is 2.89. The van der Waals surface area contributed by atoms with E-state index in [1.165, 1.54) is 37.8 Å². The molecule has 1 aromatic heterocycles. The number of hydrogen-bond acceptors (Lipinski definition) is 1. The third kappa shape index (κ3) is 2.10.